The Morgan fingerprint density at radius 3 is 2.26 bits per heavy atom. The molecule has 0 aliphatic rings. The monoisotopic (exact) mass is 270 g/mol. The van der Waals surface area contributed by atoms with E-state index in [-0.39, 0.29) is 5.69 Å². The maximum atomic E-state index is 11.5. The van der Waals surface area contributed by atoms with Crippen molar-refractivity contribution >= 4 is 17.6 Å². The van der Waals surface area contributed by atoms with Crippen LogP contribution in [0.2, 0.25) is 0 Å². The molecule has 0 unspecified atom stereocenters. The van der Waals surface area contributed by atoms with Crippen LogP contribution >= 0.6 is 0 Å². The number of hydrogen-bond donors (Lipinski definition) is 4. The van der Waals surface area contributed by atoms with E-state index in [0.717, 1.165) is 0 Å². The fraction of sp³-hybridized carbons (Fsp3) is 0.200. The number of benzene rings is 1. The van der Waals surface area contributed by atoms with Crippen molar-refractivity contribution in [3.63, 3.8) is 0 Å². The first kappa shape index (κ1) is 14.5. The highest BCUT2D eigenvalue weighted by Gasteiger charge is 2.60. The van der Waals surface area contributed by atoms with E-state index in [1.54, 1.807) is 18.2 Å². The van der Waals surface area contributed by atoms with Gasteiger partial charge in [0, 0.05) is 5.69 Å². The summed E-state index contributed by atoms with van der Waals surface area (Å²) < 4.78 is 0. The molecule has 102 valence electrons. The van der Waals surface area contributed by atoms with Gasteiger partial charge in [-0.25, -0.2) is 4.79 Å². The number of hydrogen-bond acceptors (Lipinski definition) is 6. The number of aliphatic carboxylic acids is 1. The van der Waals surface area contributed by atoms with Gasteiger partial charge in [-0.3, -0.25) is 14.9 Å². The third kappa shape index (κ3) is 2.84. The summed E-state index contributed by atoms with van der Waals surface area (Å²) in [6.07, 6.45) is -2.76. The Balaban J connectivity index is 2.93. The first-order valence-electron chi connectivity index (χ1n) is 4.94. The third-order valence-corrected chi connectivity index (χ3v) is 2.26. The van der Waals surface area contributed by atoms with Crippen molar-refractivity contribution in [2.24, 2.45) is 0 Å². The largest absolute Gasteiger partial charge is 0.474 e. The first-order valence-corrected chi connectivity index (χ1v) is 4.94. The van der Waals surface area contributed by atoms with Gasteiger partial charge >= 0.3 is 11.7 Å². The van der Waals surface area contributed by atoms with Crippen molar-refractivity contribution in [3.05, 3.63) is 40.4 Å². The Labute approximate surface area is 106 Å². The van der Waals surface area contributed by atoms with E-state index in [9.17, 15) is 29.9 Å². The van der Waals surface area contributed by atoms with Gasteiger partial charge in [0.05, 0.1) is 4.92 Å². The molecule has 0 heterocycles. The van der Waals surface area contributed by atoms with E-state index < -0.39 is 28.6 Å². The highest BCUT2D eigenvalue weighted by molar-refractivity contribution is 5.98. The number of rotatable bonds is 5. The Morgan fingerprint density at radius 2 is 1.84 bits per heavy atom. The lowest BCUT2D eigenvalue weighted by atomic mass is 10.1. The molecule has 0 fully saturated rings. The fourth-order valence-corrected chi connectivity index (χ4v) is 1.21. The van der Waals surface area contributed by atoms with Crippen LogP contribution in [0.1, 0.15) is 0 Å². The summed E-state index contributed by atoms with van der Waals surface area (Å²) in [6, 6.07) is 7.54. The van der Waals surface area contributed by atoms with Gasteiger partial charge in [-0.15, -0.1) is 0 Å². The minimum Gasteiger partial charge on any atom is -0.474 e. The third-order valence-electron chi connectivity index (χ3n) is 2.26. The molecule has 2 atom stereocenters. The molecule has 0 aliphatic heterocycles. The van der Waals surface area contributed by atoms with Crippen LogP contribution < -0.4 is 5.32 Å². The highest BCUT2D eigenvalue weighted by Crippen LogP contribution is 2.15. The van der Waals surface area contributed by atoms with E-state index in [0.29, 0.717) is 0 Å². The summed E-state index contributed by atoms with van der Waals surface area (Å²) in [5.41, 5.74) is -3.62. The molecule has 0 bridgehead atoms. The first-order chi connectivity index (χ1) is 8.80. The summed E-state index contributed by atoms with van der Waals surface area (Å²) in [5.74, 6) is -3.75. The van der Waals surface area contributed by atoms with Crippen molar-refractivity contribution in [2.75, 3.05) is 5.32 Å². The molecule has 0 saturated carbocycles. The molecule has 0 aromatic heterocycles. The maximum Gasteiger partial charge on any atom is 0.454 e. The zero-order chi connectivity index (χ0) is 14.6. The van der Waals surface area contributed by atoms with Crippen LogP contribution in [0.4, 0.5) is 5.69 Å². The molecule has 9 heteroatoms. The standard InChI is InChI=1S/C10H10N2O7/c13-7(10(17,9(15)16)12(18)19)8(14)11-6-4-2-1-3-5-6/h1-5,7,13,17H,(H,11,14)(H,15,16)/t7-,10-/m0/s1. The molecule has 1 amide bonds. The maximum absolute atomic E-state index is 11.5. The quantitative estimate of drug-likeness (QED) is 0.305. The molecule has 0 saturated heterocycles. The second-order valence-electron chi connectivity index (χ2n) is 3.55. The zero-order valence-electron chi connectivity index (χ0n) is 9.39. The van der Waals surface area contributed by atoms with Crippen molar-refractivity contribution in [1.82, 2.24) is 0 Å². The Kier molecular flexibility index (Phi) is 4.14. The van der Waals surface area contributed by atoms with Gasteiger partial charge in [-0.05, 0) is 12.1 Å². The fourth-order valence-electron chi connectivity index (χ4n) is 1.21. The second-order valence-corrected chi connectivity index (χ2v) is 3.55. The topological polar surface area (TPSA) is 150 Å². The van der Waals surface area contributed by atoms with E-state index >= 15 is 0 Å². The predicted molar refractivity (Wildman–Crippen MR) is 60.7 cm³/mol. The Morgan fingerprint density at radius 1 is 1.32 bits per heavy atom. The molecular weight excluding hydrogens is 260 g/mol. The number of nitrogens with one attached hydrogen (secondary N) is 1. The van der Waals surface area contributed by atoms with Crippen molar-refractivity contribution in [2.45, 2.75) is 11.8 Å². The zero-order valence-corrected chi connectivity index (χ0v) is 9.39. The van der Waals surface area contributed by atoms with Gasteiger partial charge in [-0.2, -0.15) is 0 Å². The number of amides is 1. The molecule has 1 rings (SSSR count). The van der Waals surface area contributed by atoms with Gasteiger partial charge in [0.2, 0.25) is 6.10 Å². The van der Waals surface area contributed by atoms with Crippen LogP contribution in [-0.2, 0) is 9.59 Å². The summed E-state index contributed by atoms with van der Waals surface area (Å²) in [6.45, 7) is 0. The molecule has 0 spiro atoms. The van der Waals surface area contributed by atoms with E-state index in [1.165, 1.54) is 12.1 Å². The van der Waals surface area contributed by atoms with Gasteiger partial charge in [0.25, 0.3) is 5.91 Å². The van der Waals surface area contributed by atoms with Crippen LogP contribution in [-0.4, -0.2) is 43.9 Å². The van der Waals surface area contributed by atoms with E-state index in [4.69, 9.17) is 5.11 Å². The number of aliphatic hydroxyl groups is 2. The molecule has 1 aromatic rings. The van der Waals surface area contributed by atoms with E-state index in [1.807, 2.05) is 5.32 Å². The van der Waals surface area contributed by atoms with Crippen LogP contribution in [0.3, 0.4) is 0 Å². The van der Waals surface area contributed by atoms with Gasteiger partial charge in [0.15, 0.2) is 0 Å². The van der Waals surface area contributed by atoms with Gasteiger partial charge in [-0.1, -0.05) is 18.2 Å². The SMILES string of the molecule is O=C(Nc1ccccc1)[C@H](O)[C@](O)(C(=O)O)[N+](=O)[O-]. The molecular formula is C10H10N2O7. The summed E-state index contributed by atoms with van der Waals surface area (Å²) in [7, 11) is 0. The van der Waals surface area contributed by atoms with Gasteiger partial charge in [0.1, 0.15) is 0 Å². The number of carboxylic acid groups (broad SMARTS) is 1. The molecule has 4 N–H and O–H groups in total. The summed E-state index contributed by atoms with van der Waals surface area (Å²) in [5, 5.41) is 39.7. The number of carbonyl (C=O) groups is 2. The number of nitrogens with zero attached hydrogens (tertiary/aromatic N) is 1. The van der Waals surface area contributed by atoms with Crippen LogP contribution in [0.25, 0.3) is 0 Å². The average Bonchev–Trinajstić information content (AvgIpc) is 2.37. The summed E-state index contributed by atoms with van der Waals surface area (Å²) >= 11 is 0. The minimum atomic E-state index is -3.81. The van der Waals surface area contributed by atoms with Crippen molar-refractivity contribution < 1.29 is 29.8 Å². The smallest absolute Gasteiger partial charge is 0.454 e. The lowest BCUT2D eigenvalue weighted by molar-refractivity contribution is -0.616. The molecule has 1 aromatic carbocycles. The second kappa shape index (κ2) is 5.42. The van der Waals surface area contributed by atoms with Crippen molar-refractivity contribution in [3.8, 4) is 0 Å². The number of anilines is 1. The van der Waals surface area contributed by atoms with Gasteiger partial charge < -0.3 is 20.6 Å². The van der Waals surface area contributed by atoms with Crippen molar-refractivity contribution in [1.29, 1.82) is 0 Å². The number of para-hydroxylation sites is 1. The number of aliphatic hydroxyl groups excluding tert-OH is 1. The molecule has 0 aliphatic carbocycles. The van der Waals surface area contributed by atoms with E-state index in [2.05, 4.69) is 0 Å². The lowest BCUT2D eigenvalue weighted by Crippen LogP contribution is -2.59. The predicted octanol–water partition coefficient (Wildman–Crippen LogP) is -0.964. The minimum absolute atomic E-state index is 0.183. The number of carbonyl (C=O) groups excluding carboxylic acids is 1. The molecule has 9 nitrogen and oxygen atoms in total. The van der Waals surface area contributed by atoms with Crippen LogP contribution in [0, 0.1) is 10.1 Å². The Hall–Kier alpha value is -2.52. The Bertz CT molecular complexity index is 488. The summed E-state index contributed by atoms with van der Waals surface area (Å²) in [4.78, 5) is 31.0. The molecule has 19 heavy (non-hydrogen) atoms. The number of nitro groups is 1. The lowest BCUT2D eigenvalue weighted by Gasteiger charge is -2.19. The average molecular weight is 270 g/mol. The number of carboxylic acids is 1. The van der Waals surface area contributed by atoms with Crippen LogP contribution in [0.5, 0.6) is 0 Å². The normalized spacial score (nSPS) is 15.1. The highest BCUT2D eigenvalue weighted by atomic mass is 16.7. The van der Waals surface area contributed by atoms with Crippen LogP contribution in [0.15, 0.2) is 30.3 Å². The molecule has 0 radical (unpaired) electrons.